The summed E-state index contributed by atoms with van der Waals surface area (Å²) in [4.78, 5) is 0. The first kappa shape index (κ1) is 14.3. The number of hydrogen-bond acceptors (Lipinski definition) is 3. The maximum absolute atomic E-state index is 13.0. The minimum Gasteiger partial charge on any atom is -0.490 e. The highest BCUT2D eigenvalue weighted by Crippen LogP contribution is 2.22. The summed E-state index contributed by atoms with van der Waals surface area (Å²) < 4.78 is 18.3. The van der Waals surface area contributed by atoms with E-state index in [0.717, 1.165) is 0 Å². The van der Waals surface area contributed by atoms with Crippen LogP contribution in [0.1, 0.15) is 17.2 Å². The van der Waals surface area contributed by atoms with Gasteiger partial charge in [0.05, 0.1) is 16.7 Å². The van der Waals surface area contributed by atoms with E-state index in [2.05, 4.69) is 0 Å². The quantitative estimate of drug-likeness (QED) is 0.938. The van der Waals surface area contributed by atoms with Gasteiger partial charge in [-0.15, -0.1) is 0 Å². The average Bonchev–Trinajstić information content (AvgIpc) is 2.48. The summed E-state index contributed by atoms with van der Waals surface area (Å²) in [5.41, 5.74) is 1.16. The number of rotatable bonds is 4. The fraction of sp³-hybridized carbons (Fsp3) is 0.133. The van der Waals surface area contributed by atoms with Crippen molar-refractivity contribution in [1.29, 1.82) is 5.26 Å². The number of ether oxygens (including phenoxy) is 1. The molecule has 1 N–H and O–H groups in total. The van der Waals surface area contributed by atoms with Gasteiger partial charge in [0.1, 0.15) is 24.3 Å². The highest BCUT2D eigenvalue weighted by Gasteiger charge is 2.09. The molecule has 5 heteroatoms. The Balaban J connectivity index is 1.99. The van der Waals surface area contributed by atoms with Crippen LogP contribution < -0.4 is 4.74 Å². The first-order valence-corrected chi connectivity index (χ1v) is 6.24. The first-order valence-electron chi connectivity index (χ1n) is 5.86. The fourth-order valence-electron chi connectivity index (χ4n) is 1.62. The molecule has 0 fully saturated rings. The molecule has 2 aromatic rings. The van der Waals surface area contributed by atoms with Crippen LogP contribution >= 0.6 is 11.6 Å². The zero-order valence-corrected chi connectivity index (χ0v) is 11.1. The van der Waals surface area contributed by atoms with Crippen molar-refractivity contribution in [3.05, 3.63) is 64.4 Å². The summed E-state index contributed by atoms with van der Waals surface area (Å²) >= 11 is 5.63. The Kier molecular flexibility index (Phi) is 4.57. The lowest BCUT2D eigenvalue weighted by molar-refractivity contribution is 0.108. The standard InChI is InChI=1S/C15H11ClFNO2/c16-13-7-12(5-6-14(13)17)20-9-15(19)11-3-1-10(8-18)2-4-11/h1-7,15,19H,9H2. The molecule has 0 aromatic heterocycles. The van der Waals surface area contributed by atoms with Gasteiger partial charge >= 0.3 is 0 Å². The second-order valence-corrected chi connectivity index (χ2v) is 4.54. The van der Waals surface area contributed by atoms with Gasteiger partial charge in [-0.2, -0.15) is 5.26 Å². The molecule has 0 aliphatic carbocycles. The molecule has 20 heavy (non-hydrogen) atoms. The van der Waals surface area contributed by atoms with Gasteiger partial charge in [0.25, 0.3) is 0 Å². The molecule has 0 aliphatic heterocycles. The monoisotopic (exact) mass is 291 g/mol. The van der Waals surface area contributed by atoms with Crippen molar-refractivity contribution in [2.75, 3.05) is 6.61 Å². The number of benzene rings is 2. The Morgan fingerprint density at radius 1 is 1.25 bits per heavy atom. The van der Waals surface area contributed by atoms with Crippen LogP contribution in [0.4, 0.5) is 4.39 Å². The van der Waals surface area contributed by atoms with Crippen molar-refractivity contribution in [1.82, 2.24) is 0 Å². The average molecular weight is 292 g/mol. The highest BCUT2D eigenvalue weighted by atomic mass is 35.5. The molecule has 0 aliphatic rings. The molecule has 0 amide bonds. The minimum atomic E-state index is -0.841. The van der Waals surface area contributed by atoms with E-state index in [1.807, 2.05) is 6.07 Å². The van der Waals surface area contributed by atoms with Gasteiger partial charge < -0.3 is 9.84 Å². The van der Waals surface area contributed by atoms with Crippen LogP contribution in [0.25, 0.3) is 0 Å². The SMILES string of the molecule is N#Cc1ccc(C(O)COc2ccc(F)c(Cl)c2)cc1. The molecular weight excluding hydrogens is 281 g/mol. The molecule has 0 heterocycles. The van der Waals surface area contributed by atoms with Crippen molar-refractivity contribution in [3.63, 3.8) is 0 Å². The van der Waals surface area contributed by atoms with Crippen LogP contribution in [0.2, 0.25) is 5.02 Å². The summed E-state index contributed by atoms with van der Waals surface area (Å²) in [6.07, 6.45) is -0.841. The van der Waals surface area contributed by atoms with Crippen LogP contribution in [0.5, 0.6) is 5.75 Å². The van der Waals surface area contributed by atoms with E-state index in [4.69, 9.17) is 21.6 Å². The van der Waals surface area contributed by atoms with Crippen LogP contribution in [-0.4, -0.2) is 11.7 Å². The smallest absolute Gasteiger partial charge is 0.142 e. The van der Waals surface area contributed by atoms with Crippen molar-refractivity contribution in [3.8, 4) is 11.8 Å². The second kappa shape index (κ2) is 6.38. The molecule has 1 atom stereocenters. The van der Waals surface area contributed by atoms with Crippen molar-refractivity contribution in [2.24, 2.45) is 0 Å². The largest absolute Gasteiger partial charge is 0.490 e. The lowest BCUT2D eigenvalue weighted by atomic mass is 10.1. The Morgan fingerprint density at radius 3 is 2.55 bits per heavy atom. The van der Waals surface area contributed by atoms with E-state index in [9.17, 15) is 9.50 Å². The lowest BCUT2D eigenvalue weighted by Gasteiger charge is -2.13. The number of nitrogens with zero attached hydrogens (tertiary/aromatic N) is 1. The predicted molar refractivity (Wildman–Crippen MR) is 73.0 cm³/mol. The normalized spacial score (nSPS) is 11.7. The van der Waals surface area contributed by atoms with Crippen LogP contribution in [0.15, 0.2) is 42.5 Å². The van der Waals surface area contributed by atoms with Crippen molar-refractivity contribution in [2.45, 2.75) is 6.10 Å². The van der Waals surface area contributed by atoms with Crippen LogP contribution in [-0.2, 0) is 0 Å². The maximum Gasteiger partial charge on any atom is 0.142 e. The van der Waals surface area contributed by atoms with E-state index < -0.39 is 11.9 Å². The number of aliphatic hydroxyl groups excluding tert-OH is 1. The zero-order chi connectivity index (χ0) is 14.5. The van der Waals surface area contributed by atoms with Gasteiger partial charge in [-0.1, -0.05) is 23.7 Å². The molecule has 102 valence electrons. The van der Waals surface area contributed by atoms with Gasteiger partial charge in [0.15, 0.2) is 0 Å². The molecule has 2 aromatic carbocycles. The molecule has 3 nitrogen and oxygen atoms in total. The van der Waals surface area contributed by atoms with Crippen molar-refractivity contribution >= 4 is 11.6 Å². The summed E-state index contributed by atoms with van der Waals surface area (Å²) in [5, 5.41) is 18.6. The highest BCUT2D eigenvalue weighted by molar-refractivity contribution is 6.30. The third-order valence-electron chi connectivity index (χ3n) is 2.72. The summed E-state index contributed by atoms with van der Waals surface area (Å²) in [7, 11) is 0. The number of hydrogen-bond donors (Lipinski definition) is 1. The Morgan fingerprint density at radius 2 is 1.95 bits per heavy atom. The number of aliphatic hydroxyl groups is 1. The molecule has 0 radical (unpaired) electrons. The fourth-order valence-corrected chi connectivity index (χ4v) is 1.79. The number of nitriles is 1. The van der Waals surface area contributed by atoms with Crippen LogP contribution in [0, 0.1) is 17.1 Å². The van der Waals surface area contributed by atoms with E-state index in [1.165, 1.54) is 18.2 Å². The zero-order valence-electron chi connectivity index (χ0n) is 10.4. The van der Waals surface area contributed by atoms with E-state index in [1.54, 1.807) is 24.3 Å². The lowest BCUT2D eigenvalue weighted by Crippen LogP contribution is -2.09. The van der Waals surface area contributed by atoms with Gasteiger partial charge in [-0.25, -0.2) is 4.39 Å². The first-order chi connectivity index (χ1) is 9.60. The van der Waals surface area contributed by atoms with Gasteiger partial charge in [0.2, 0.25) is 0 Å². The molecule has 0 bridgehead atoms. The Bertz CT molecular complexity index is 637. The molecule has 0 saturated heterocycles. The number of halogens is 2. The van der Waals surface area contributed by atoms with Gasteiger partial charge in [-0.3, -0.25) is 0 Å². The topological polar surface area (TPSA) is 53.2 Å². The van der Waals surface area contributed by atoms with E-state index in [0.29, 0.717) is 16.9 Å². The Labute approximate surface area is 120 Å². The third-order valence-corrected chi connectivity index (χ3v) is 3.01. The van der Waals surface area contributed by atoms with E-state index >= 15 is 0 Å². The van der Waals surface area contributed by atoms with E-state index in [-0.39, 0.29) is 11.6 Å². The second-order valence-electron chi connectivity index (χ2n) is 4.14. The molecule has 2 rings (SSSR count). The summed E-state index contributed by atoms with van der Waals surface area (Å²) in [5.74, 6) is -0.143. The predicted octanol–water partition coefficient (Wildman–Crippen LogP) is 3.46. The van der Waals surface area contributed by atoms with Gasteiger partial charge in [-0.05, 0) is 29.8 Å². The maximum atomic E-state index is 13.0. The molecule has 0 spiro atoms. The minimum absolute atomic E-state index is 0.00780. The Hall–Kier alpha value is -2.09. The van der Waals surface area contributed by atoms with Crippen LogP contribution in [0.3, 0.4) is 0 Å². The molecule has 0 saturated carbocycles. The molecular formula is C15H11ClFNO2. The van der Waals surface area contributed by atoms with Gasteiger partial charge in [0, 0.05) is 6.07 Å². The third kappa shape index (κ3) is 3.47. The summed E-state index contributed by atoms with van der Waals surface area (Å²) in [6, 6.07) is 12.5. The summed E-state index contributed by atoms with van der Waals surface area (Å²) in [6.45, 7) is 0.00780. The van der Waals surface area contributed by atoms with Crippen molar-refractivity contribution < 1.29 is 14.2 Å². The molecule has 1 unspecified atom stereocenters.